The van der Waals surface area contributed by atoms with Crippen LogP contribution in [0.4, 0.5) is 5.69 Å². The van der Waals surface area contributed by atoms with Gasteiger partial charge < -0.3 is 10.6 Å². The first-order valence-corrected chi connectivity index (χ1v) is 7.23. The van der Waals surface area contributed by atoms with Crippen molar-refractivity contribution < 1.29 is 9.59 Å². The fourth-order valence-electron chi connectivity index (χ4n) is 2.54. The van der Waals surface area contributed by atoms with Gasteiger partial charge in [0, 0.05) is 11.7 Å². The molecule has 2 atom stereocenters. The molecule has 0 radical (unpaired) electrons. The number of anilines is 1. The number of rotatable bonds is 4. The monoisotopic (exact) mass is 272 g/mol. The van der Waals surface area contributed by atoms with Gasteiger partial charge in [0.15, 0.2) is 0 Å². The molecule has 2 unspecified atom stereocenters. The van der Waals surface area contributed by atoms with Gasteiger partial charge in [-0.05, 0) is 44.2 Å². The average Bonchev–Trinajstić information content (AvgIpc) is 3.25. The third-order valence-corrected chi connectivity index (χ3v) is 4.12. The van der Waals surface area contributed by atoms with Gasteiger partial charge in [-0.1, -0.05) is 18.2 Å². The summed E-state index contributed by atoms with van der Waals surface area (Å²) in [5.74, 6) is -0.264. The first-order chi connectivity index (χ1) is 9.56. The molecule has 4 heteroatoms. The Morgan fingerprint density at radius 2 is 1.65 bits per heavy atom. The maximum Gasteiger partial charge on any atom is 0.228 e. The van der Waals surface area contributed by atoms with Crippen LogP contribution < -0.4 is 10.6 Å². The summed E-state index contributed by atoms with van der Waals surface area (Å²) in [4.78, 5) is 24.1. The van der Waals surface area contributed by atoms with E-state index in [4.69, 9.17) is 0 Å². The van der Waals surface area contributed by atoms with Crippen molar-refractivity contribution in [2.24, 2.45) is 11.8 Å². The van der Waals surface area contributed by atoms with E-state index in [0.29, 0.717) is 12.5 Å². The Bertz CT molecular complexity index is 543. The lowest BCUT2D eigenvalue weighted by Gasteiger charge is -2.11. The highest BCUT2D eigenvalue weighted by atomic mass is 16.2. The van der Waals surface area contributed by atoms with Gasteiger partial charge in [0.25, 0.3) is 0 Å². The van der Waals surface area contributed by atoms with E-state index in [1.54, 1.807) is 0 Å². The van der Waals surface area contributed by atoms with Gasteiger partial charge in [0.1, 0.15) is 0 Å². The van der Waals surface area contributed by atoms with Crippen LogP contribution in [0.5, 0.6) is 0 Å². The summed E-state index contributed by atoms with van der Waals surface area (Å²) < 4.78 is 0. The first kappa shape index (κ1) is 13.2. The topological polar surface area (TPSA) is 58.2 Å². The highest BCUT2D eigenvalue weighted by molar-refractivity contribution is 6.00. The van der Waals surface area contributed by atoms with Crippen LogP contribution in [0.2, 0.25) is 0 Å². The molecule has 0 aromatic heterocycles. The highest BCUT2D eigenvalue weighted by Crippen LogP contribution is 2.40. The summed E-state index contributed by atoms with van der Waals surface area (Å²) >= 11 is 0. The molecule has 2 saturated carbocycles. The number of nitrogens with one attached hydrogen (secondary N) is 2. The number of carbonyl (C=O) groups is 2. The zero-order valence-electron chi connectivity index (χ0n) is 11.9. The summed E-state index contributed by atoms with van der Waals surface area (Å²) in [6, 6.07) is 6.30. The number of hydrogen-bond donors (Lipinski definition) is 2. The fourth-order valence-corrected chi connectivity index (χ4v) is 2.54. The van der Waals surface area contributed by atoms with E-state index in [1.165, 1.54) is 0 Å². The van der Waals surface area contributed by atoms with Crippen LogP contribution in [0.3, 0.4) is 0 Å². The second-order valence-electron chi connectivity index (χ2n) is 5.99. The van der Waals surface area contributed by atoms with Crippen molar-refractivity contribution in [3.63, 3.8) is 0 Å². The zero-order valence-corrected chi connectivity index (χ0v) is 11.9. The summed E-state index contributed by atoms with van der Waals surface area (Å²) in [6.45, 7) is 3.96. The quantitative estimate of drug-likeness (QED) is 0.882. The van der Waals surface area contributed by atoms with Crippen LogP contribution in [0, 0.1) is 25.7 Å². The molecule has 0 aliphatic heterocycles. The second kappa shape index (κ2) is 4.93. The van der Waals surface area contributed by atoms with Crippen LogP contribution in [-0.4, -0.2) is 17.9 Å². The third-order valence-electron chi connectivity index (χ3n) is 4.12. The molecule has 106 valence electrons. The van der Waals surface area contributed by atoms with Crippen molar-refractivity contribution in [1.82, 2.24) is 5.32 Å². The molecule has 0 saturated heterocycles. The van der Waals surface area contributed by atoms with Crippen LogP contribution >= 0.6 is 0 Å². The van der Waals surface area contributed by atoms with Crippen molar-refractivity contribution in [2.45, 2.75) is 39.2 Å². The van der Waals surface area contributed by atoms with Crippen molar-refractivity contribution >= 4 is 17.5 Å². The molecular formula is C16H20N2O2. The Labute approximate surface area is 118 Å². The second-order valence-corrected chi connectivity index (χ2v) is 5.99. The number of aryl methyl sites for hydroxylation is 2. The van der Waals surface area contributed by atoms with Crippen LogP contribution in [-0.2, 0) is 9.59 Å². The Balaban J connectivity index is 1.59. The Morgan fingerprint density at radius 1 is 1.05 bits per heavy atom. The van der Waals surface area contributed by atoms with Crippen molar-refractivity contribution in [3.8, 4) is 0 Å². The van der Waals surface area contributed by atoms with Crippen molar-refractivity contribution in [2.75, 3.05) is 5.32 Å². The summed E-state index contributed by atoms with van der Waals surface area (Å²) in [6.07, 6.45) is 2.84. The normalized spacial score (nSPS) is 24.1. The molecule has 3 rings (SSSR count). The molecular weight excluding hydrogens is 252 g/mol. The van der Waals surface area contributed by atoms with Crippen LogP contribution in [0.15, 0.2) is 18.2 Å². The zero-order chi connectivity index (χ0) is 14.3. The molecule has 0 bridgehead atoms. The highest BCUT2D eigenvalue weighted by Gasteiger charge is 2.48. The minimum Gasteiger partial charge on any atom is -0.353 e. The molecule has 1 aromatic carbocycles. The van der Waals surface area contributed by atoms with E-state index in [1.807, 2.05) is 32.0 Å². The predicted molar refractivity (Wildman–Crippen MR) is 77.3 cm³/mol. The van der Waals surface area contributed by atoms with Gasteiger partial charge >= 0.3 is 0 Å². The number of amides is 2. The maximum absolute atomic E-state index is 12.2. The number of carbonyl (C=O) groups excluding carboxylic acids is 2. The van der Waals surface area contributed by atoms with Gasteiger partial charge in [0.05, 0.1) is 11.8 Å². The lowest BCUT2D eigenvalue weighted by molar-refractivity contribution is -0.125. The van der Waals surface area contributed by atoms with E-state index < -0.39 is 0 Å². The molecule has 1 aromatic rings. The standard InChI is InChI=1S/C16H20N2O2/c1-9-4-3-5-10(2)14(9)18-16(20)13-8-12(13)15(19)17-11-6-7-11/h3-5,11-13H,6-8H2,1-2H3,(H,17,19)(H,18,20). The molecule has 0 spiro atoms. The summed E-state index contributed by atoms with van der Waals surface area (Å²) in [7, 11) is 0. The Kier molecular flexibility index (Phi) is 3.24. The SMILES string of the molecule is Cc1cccc(C)c1NC(=O)C1CC1C(=O)NC1CC1. The predicted octanol–water partition coefficient (Wildman–Crippen LogP) is 2.16. The van der Waals surface area contributed by atoms with Crippen LogP contribution in [0.1, 0.15) is 30.4 Å². The average molecular weight is 272 g/mol. The third kappa shape index (κ3) is 2.69. The van der Waals surface area contributed by atoms with Crippen molar-refractivity contribution in [3.05, 3.63) is 29.3 Å². The molecule has 20 heavy (non-hydrogen) atoms. The van der Waals surface area contributed by atoms with Gasteiger partial charge in [-0.3, -0.25) is 9.59 Å². The van der Waals surface area contributed by atoms with Gasteiger partial charge in [0.2, 0.25) is 11.8 Å². The number of hydrogen-bond acceptors (Lipinski definition) is 2. The lowest BCUT2D eigenvalue weighted by Crippen LogP contribution is -2.29. The summed E-state index contributed by atoms with van der Waals surface area (Å²) in [5, 5.41) is 5.94. The molecule has 2 aliphatic carbocycles. The Morgan fingerprint density at radius 3 is 2.25 bits per heavy atom. The lowest BCUT2D eigenvalue weighted by atomic mass is 10.1. The van der Waals surface area contributed by atoms with Gasteiger partial charge in [-0.25, -0.2) is 0 Å². The van der Waals surface area contributed by atoms with Gasteiger partial charge in [-0.15, -0.1) is 0 Å². The molecule has 2 aliphatic rings. The largest absolute Gasteiger partial charge is 0.353 e. The molecule has 2 fully saturated rings. The molecule has 2 amide bonds. The number of benzene rings is 1. The molecule has 4 nitrogen and oxygen atoms in total. The Hall–Kier alpha value is -1.84. The first-order valence-electron chi connectivity index (χ1n) is 7.23. The summed E-state index contributed by atoms with van der Waals surface area (Å²) in [5.41, 5.74) is 2.99. The maximum atomic E-state index is 12.2. The van der Waals surface area contributed by atoms with E-state index in [0.717, 1.165) is 29.7 Å². The number of para-hydroxylation sites is 1. The van der Waals surface area contributed by atoms with Gasteiger partial charge in [-0.2, -0.15) is 0 Å². The minimum absolute atomic E-state index is 0.0293. The smallest absolute Gasteiger partial charge is 0.228 e. The molecule has 0 heterocycles. The minimum atomic E-state index is -0.159. The van der Waals surface area contributed by atoms with E-state index in [2.05, 4.69) is 10.6 Å². The van der Waals surface area contributed by atoms with Crippen molar-refractivity contribution in [1.29, 1.82) is 0 Å². The molecule has 2 N–H and O–H groups in total. The van der Waals surface area contributed by atoms with Crippen LogP contribution in [0.25, 0.3) is 0 Å². The van der Waals surface area contributed by atoms with E-state index in [9.17, 15) is 9.59 Å². The van der Waals surface area contributed by atoms with E-state index >= 15 is 0 Å². The fraction of sp³-hybridized carbons (Fsp3) is 0.500. The van der Waals surface area contributed by atoms with E-state index in [-0.39, 0.29) is 23.7 Å².